The minimum absolute atomic E-state index is 0.387. The lowest BCUT2D eigenvalue weighted by atomic mass is 10.1. The Bertz CT molecular complexity index is 741. The van der Waals surface area contributed by atoms with Crippen molar-refractivity contribution in [1.29, 1.82) is 0 Å². The summed E-state index contributed by atoms with van der Waals surface area (Å²) in [6.07, 6.45) is 2.00. The Labute approximate surface area is 120 Å². The van der Waals surface area contributed by atoms with E-state index >= 15 is 0 Å². The molecule has 20 heavy (non-hydrogen) atoms. The summed E-state index contributed by atoms with van der Waals surface area (Å²) >= 11 is 6.11. The van der Waals surface area contributed by atoms with Crippen LogP contribution in [0.2, 0.25) is 5.02 Å². The fraction of sp³-hybridized carbons (Fsp3) is 0.143. The van der Waals surface area contributed by atoms with Gasteiger partial charge in [0.2, 0.25) is 0 Å². The number of rotatable bonds is 3. The molecule has 0 bridgehead atoms. The predicted molar refractivity (Wildman–Crippen MR) is 74.3 cm³/mol. The lowest BCUT2D eigenvalue weighted by Gasteiger charge is -1.98. The minimum atomic E-state index is 0.387. The zero-order valence-corrected chi connectivity index (χ0v) is 11.5. The molecule has 1 aromatic carbocycles. The summed E-state index contributed by atoms with van der Waals surface area (Å²) in [5, 5.41) is 4.64. The van der Waals surface area contributed by atoms with Gasteiger partial charge in [0.15, 0.2) is 5.82 Å². The molecule has 5 nitrogen and oxygen atoms in total. The van der Waals surface area contributed by atoms with Gasteiger partial charge < -0.3 is 4.52 Å². The van der Waals surface area contributed by atoms with Crippen LogP contribution < -0.4 is 0 Å². The molecule has 6 heteroatoms. The SMILES string of the molecule is Cc1cc(-c2nc(Cc3ccccc3Cl)no2)ncn1. The second-order valence-corrected chi connectivity index (χ2v) is 4.74. The lowest BCUT2D eigenvalue weighted by molar-refractivity contribution is 0.422. The van der Waals surface area contributed by atoms with Crippen molar-refractivity contribution in [3.63, 3.8) is 0 Å². The van der Waals surface area contributed by atoms with Crippen molar-refractivity contribution in [3.05, 3.63) is 58.8 Å². The lowest BCUT2D eigenvalue weighted by Crippen LogP contribution is -1.92. The van der Waals surface area contributed by atoms with E-state index in [9.17, 15) is 0 Å². The largest absolute Gasteiger partial charge is 0.332 e. The molecule has 100 valence electrons. The molecule has 0 aliphatic heterocycles. The highest BCUT2D eigenvalue weighted by atomic mass is 35.5. The highest BCUT2D eigenvalue weighted by Crippen LogP contribution is 2.19. The van der Waals surface area contributed by atoms with Gasteiger partial charge in [0.25, 0.3) is 5.89 Å². The van der Waals surface area contributed by atoms with E-state index in [0.717, 1.165) is 11.3 Å². The maximum absolute atomic E-state index is 6.11. The number of hydrogen-bond acceptors (Lipinski definition) is 5. The van der Waals surface area contributed by atoms with Gasteiger partial charge in [-0.15, -0.1) is 0 Å². The van der Waals surface area contributed by atoms with Gasteiger partial charge in [-0.2, -0.15) is 4.98 Å². The third-order valence-corrected chi connectivity index (χ3v) is 3.17. The summed E-state index contributed by atoms with van der Waals surface area (Å²) in [6, 6.07) is 9.39. The second-order valence-electron chi connectivity index (χ2n) is 4.33. The summed E-state index contributed by atoms with van der Waals surface area (Å²) in [7, 11) is 0. The van der Waals surface area contributed by atoms with Crippen molar-refractivity contribution in [1.82, 2.24) is 20.1 Å². The summed E-state index contributed by atoms with van der Waals surface area (Å²) < 4.78 is 5.22. The van der Waals surface area contributed by atoms with Crippen LogP contribution in [0.15, 0.2) is 41.2 Å². The Kier molecular flexibility index (Phi) is 3.43. The monoisotopic (exact) mass is 286 g/mol. The molecule has 3 aromatic rings. The Hall–Kier alpha value is -2.27. The van der Waals surface area contributed by atoms with E-state index in [1.165, 1.54) is 6.33 Å². The van der Waals surface area contributed by atoms with Crippen molar-refractivity contribution in [2.45, 2.75) is 13.3 Å². The van der Waals surface area contributed by atoms with Crippen LogP contribution in [0.1, 0.15) is 17.1 Å². The fourth-order valence-electron chi connectivity index (χ4n) is 1.81. The molecule has 0 radical (unpaired) electrons. The van der Waals surface area contributed by atoms with E-state index in [4.69, 9.17) is 16.1 Å². The molecule has 2 heterocycles. The smallest absolute Gasteiger partial charge is 0.276 e. The molecule has 0 saturated carbocycles. The van der Waals surface area contributed by atoms with Crippen molar-refractivity contribution >= 4 is 11.6 Å². The standard InChI is InChI=1S/C14H11ClN4O/c1-9-6-12(17-8-16-9)14-18-13(19-20-14)7-10-4-2-3-5-11(10)15/h2-6,8H,7H2,1H3. The van der Waals surface area contributed by atoms with Crippen LogP contribution in [0.5, 0.6) is 0 Å². The van der Waals surface area contributed by atoms with Crippen molar-refractivity contribution in [2.75, 3.05) is 0 Å². The summed E-state index contributed by atoms with van der Waals surface area (Å²) in [5.41, 5.74) is 2.43. The summed E-state index contributed by atoms with van der Waals surface area (Å²) in [5.74, 6) is 0.960. The maximum atomic E-state index is 6.11. The topological polar surface area (TPSA) is 64.7 Å². The third-order valence-electron chi connectivity index (χ3n) is 2.80. The minimum Gasteiger partial charge on any atom is -0.332 e. The number of halogens is 1. The van der Waals surface area contributed by atoms with Crippen LogP contribution in [0.25, 0.3) is 11.6 Å². The summed E-state index contributed by atoms with van der Waals surface area (Å²) in [4.78, 5) is 12.5. The average molecular weight is 287 g/mol. The van der Waals surface area contributed by atoms with E-state index in [2.05, 4.69) is 20.1 Å². The molecule has 0 aliphatic carbocycles. The molecule has 0 amide bonds. The van der Waals surface area contributed by atoms with Crippen molar-refractivity contribution in [3.8, 4) is 11.6 Å². The zero-order valence-electron chi connectivity index (χ0n) is 10.7. The van der Waals surface area contributed by atoms with E-state index in [-0.39, 0.29) is 0 Å². The molecular weight excluding hydrogens is 276 g/mol. The molecule has 0 N–H and O–H groups in total. The van der Waals surface area contributed by atoms with Gasteiger partial charge in [-0.3, -0.25) is 0 Å². The van der Waals surface area contributed by atoms with E-state index < -0.39 is 0 Å². The van der Waals surface area contributed by atoms with Gasteiger partial charge in [-0.25, -0.2) is 9.97 Å². The second kappa shape index (κ2) is 5.38. The van der Waals surface area contributed by atoms with Crippen molar-refractivity contribution in [2.24, 2.45) is 0 Å². The summed E-state index contributed by atoms with van der Waals surface area (Å²) in [6.45, 7) is 1.88. The first-order valence-electron chi connectivity index (χ1n) is 6.07. The van der Waals surface area contributed by atoms with Crippen LogP contribution in [0.3, 0.4) is 0 Å². The Morgan fingerprint density at radius 2 is 2.05 bits per heavy atom. The first-order chi connectivity index (χ1) is 9.72. The normalized spacial score (nSPS) is 10.7. The molecule has 0 unspecified atom stereocenters. The molecular formula is C14H11ClN4O. The molecule has 0 saturated heterocycles. The quantitative estimate of drug-likeness (QED) is 0.740. The number of nitrogens with zero attached hydrogens (tertiary/aromatic N) is 4. The predicted octanol–water partition coefficient (Wildman–Crippen LogP) is 3.08. The number of benzene rings is 1. The first-order valence-corrected chi connectivity index (χ1v) is 6.45. The van der Waals surface area contributed by atoms with Crippen molar-refractivity contribution < 1.29 is 4.52 Å². The molecule has 0 aliphatic rings. The maximum Gasteiger partial charge on any atom is 0.276 e. The highest BCUT2D eigenvalue weighted by molar-refractivity contribution is 6.31. The molecule has 0 fully saturated rings. The molecule has 0 atom stereocenters. The van der Waals surface area contributed by atoms with Crippen LogP contribution in [-0.4, -0.2) is 20.1 Å². The van der Waals surface area contributed by atoms with E-state index in [1.54, 1.807) is 6.07 Å². The average Bonchev–Trinajstić information content (AvgIpc) is 2.90. The number of hydrogen-bond donors (Lipinski definition) is 0. The van der Waals surface area contributed by atoms with Crippen LogP contribution in [0, 0.1) is 6.92 Å². The zero-order chi connectivity index (χ0) is 13.9. The van der Waals surface area contributed by atoms with Gasteiger partial charge in [0, 0.05) is 17.1 Å². The number of aryl methyl sites for hydroxylation is 1. The van der Waals surface area contributed by atoms with Gasteiger partial charge in [0.1, 0.15) is 12.0 Å². The van der Waals surface area contributed by atoms with Gasteiger partial charge >= 0.3 is 0 Å². The van der Waals surface area contributed by atoms with Gasteiger partial charge in [-0.1, -0.05) is 35.0 Å². The Morgan fingerprint density at radius 3 is 2.85 bits per heavy atom. The highest BCUT2D eigenvalue weighted by Gasteiger charge is 2.12. The number of aromatic nitrogens is 4. The van der Waals surface area contributed by atoms with Gasteiger partial charge in [-0.05, 0) is 24.6 Å². The first kappa shape index (κ1) is 12.7. The molecule has 0 spiro atoms. The van der Waals surface area contributed by atoms with Crippen LogP contribution in [0.4, 0.5) is 0 Å². The Balaban J connectivity index is 1.86. The van der Waals surface area contributed by atoms with Gasteiger partial charge in [0.05, 0.1) is 0 Å². The molecule has 3 rings (SSSR count). The van der Waals surface area contributed by atoms with E-state index in [1.807, 2.05) is 31.2 Å². The molecule has 2 aromatic heterocycles. The third kappa shape index (κ3) is 2.67. The Morgan fingerprint density at radius 1 is 1.20 bits per heavy atom. The van der Waals surface area contributed by atoms with E-state index in [0.29, 0.717) is 28.9 Å². The van der Waals surface area contributed by atoms with Crippen LogP contribution >= 0.6 is 11.6 Å². The van der Waals surface area contributed by atoms with Crippen LogP contribution in [-0.2, 0) is 6.42 Å². The fourth-order valence-corrected chi connectivity index (χ4v) is 2.02.